The quantitative estimate of drug-likeness (QED) is 0.364. The lowest BCUT2D eigenvalue weighted by Gasteiger charge is -2.08. The number of hydrogen-bond acceptors (Lipinski definition) is 4. The Balaban J connectivity index is -0.000000980. The van der Waals surface area contributed by atoms with Gasteiger partial charge in [-0.2, -0.15) is 0 Å². The molecule has 0 aliphatic carbocycles. The first-order valence-electron chi connectivity index (χ1n) is 5.00. The van der Waals surface area contributed by atoms with Crippen LogP contribution in [-0.4, -0.2) is 36.3 Å². The van der Waals surface area contributed by atoms with E-state index in [4.69, 9.17) is 21.3 Å². The highest BCUT2D eigenvalue weighted by molar-refractivity contribution is 5.85. The summed E-state index contributed by atoms with van der Waals surface area (Å²) in [5, 5.41) is 8.84. The fourth-order valence-corrected chi connectivity index (χ4v) is 1.06. The minimum atomic E-state index is -0.991. The van der Waals surface area contributed by atoms with Crippen molar-refractivity contribution in [2.24, 2.45) is 16.5 Å². The molecule has 104 valence electrons. The molecule has 0 radical (unpaired) electrons. The van der Waals surface area contributed by atoms with Crippen molar-refractivity contribution in [1.29, 1.82) is 0 Å². The van der Waals surface area contributed by atoms with Crippen LogP contribution < -0.4 is 11.5 Å². The van der Waals surface area contributed by atoms with Crippen LogP contribution in [-0.2, 0) is 9.53 Å². The number of halogens is 2. The smallest absolute Gasteiger partial charge is 0.328 e. The van der Waals surface area contributed by atoms with Gasteiger partial charge in [0.2, 0.25) is 0 Å². The number of aliphatic imine (C=N–C) groups is 1. The van der Waals surface area contributed by atoms with Crippen LogP contribution in [0.4, 0.5) is 0 Å². The molecule has 1 atom stereocenters. The number of ether oxygens (including phenoxy) is 1. The summed E-state index contributed by atoms with van der Waals surface area (Å²) in [5.41, 5.74) is 10.7. The molecule has 0 aromatic rings. The lowest BCUT2D eigenvalue weighted by molar-refractivity contribution is -0.138. The zero-order valence-corrected chi connectivity index (χ0v) is 11.4. The number of aliphatic carboxylic acids is 1. The maximum atomic E-state index is 10.8. The predicted molar refractivity (Wildman–Crippen MR) is 72.1 cm³/mol. The molecule has 0 heterocycles. The number of carbonyl (C=O) groups is 1. The van der Waals surface area contributed by atoms with Crippen molar-refractivity contribution in [1.82, 2.24) is 0 Å². The van der Waals surface area contributed by atoms with Crippen molar-refractivity contribution in [3.8, 4) is 0 Å². The number of amidine groups is 1. The van der Waals surface area contributed by atoms with E-state index in [9.17, 15) is 4.79 Å². The Labute approximate surface area is 114 Å². The molecule has 0 aromatic carbocycles. The summed E-state index contributed by atoms with van der Waals surface area (Å²) in [4.78, 5) is 14.6. The van der Waals surface area contributed by atoms with E-state index >= 15 is 0 Å². The van der Waals surface area contributed by atoms with Gasteiger partial charge >= 0.3 is 5.97 Å². The van der Waals surface area contributed by atoms with Gasteiger partial charge in [0.25, 0.3) is 6.02 Å². The third kappa shape index (κ3) is 11.5. The van der Waals surface area contributed by atoms with Gasteiger partial charge in [0.15, 0.2) is 6.04 Å². The Hall–Kier alpha value is -0.720. The second kappa shape index (κ2) is 13.3. The zero-order valence-electron chi connectivity index (χ0n) is 9.80. The molecule has 0 saturated heterocycles. The number of rotatable bonds is 7. The molecule has 0 fully saturated rings. The summed E-state index contributed by atoms with van der Waals surface area (Å²) in [6.07, 6.45) is 1.94. The van der Waals surface area contributed by atoms with Crippen LogP contribution in [0.3, 0.4) is 0 Å². The summed E-state index contributed by atoms with van der Waals surface area (Å²) in [6, 6.07) is -0.902. The molecule has 0 saturated carbocycles. The Morgan fingerprint density at radius 3 is 2.41 bits per heavy atom. The van der Waals surface area contributed by atoms with E-state index in [1.54, 1.807) is 6.92 Å². The van der Waals surface area contributed by atoms with Crippen molar-refractivity contribution in [3.63, 3.8) is 0 Å². The highest BCUT2D eigenvalue weighted by Crippen LogP contribution is 2.05. The van der Waals surface area contributed by atoms with Gasteiger partial charge in [0.05, 0.1) is 6.61 Å². The monoisotopic (exact) mass is 289 g/mol. The summed E-state index contributed by atoms with van der Waals surface area (Å²) in [7, 11) is 0. The first kappa shape index (κ1) is 21.6. The molecule has 5 N–H and O–H groups in total. The standard InChI is InChI=1S/C9H19N3O3.2ClH/c1-2-15-9(11)12-7(8(13)14)5-3-4-6-10;;/h7H,2-6,10H2,1H3,(H2,11,12)(H,13,14);2*1H/t7-;;/m0../s1. The molecule has 0 unspecified atom stereocenters. The van der Waals surface area contributed by atoms with Crippen LogP contribution in [0.1, 0.15) is 26.2 Å². The van der Waals surface area contributed by atoms with Crippen molar-refractivity contribution in [3.05, 3.63) is 0 Å². The van der Waals surface area contributed by atoms with Gasteiger partial charge in [-0.3, -0.25) is 0 Å². The largest absolute Gasteiger partial charge is 0.480 e. The Bertz CT molecular complexity index is 228. The van der Waals surface area contributed by atoms with Crippen LogP contribution in [0.2, 0.25) is 0 Å². The molecule has 0 aliphatic heterocycles. The van der Waals surface area contributed by atoms with Gasteiger partial charge < -0.3 is 21.3 Å². The number of hydrogen-bond donors (Lipinski definition) is 3. The Morgan fingerprint density at radius 1 is 1.41 bits per heavy atom. The SMILES string of the molecule is CCOC(N)=N[C@@H](CCCCN)C(=O)O.Cl.Cl. The van der Waals surface area contributed by atoms with Crippen LogP contribution in [0.5, 0.6) is 0 Å². The second-order valence-electron chi connectivity index (χ2n) is 3.04. The molecule has 0 amide bonds. The van der Waals surface area contributed by atoms with Crippen LogP contribution >= 0.6 is 24.8 Å². The van der Waals surface area contributed by atoms with Crippen molar-refractivity contribution >= 4 is 36.8 Å². The van der Waals surface area contributed by atoms with Gasteiger partial charge in [-0.05, 0) is 32.7 Å². The average Bonchev–Trinajstić information content (AvgIpc) is 2.16. The number of nitrogens with zero attached hydrogens (tertiary/aromatic N) is 1. The maximum Gasteiger partial charge on any atom is 0.328 e. The topological polar surface area (TPSA) is 111 Å². The first-order valence-corrected chi connectivity index (χ1v) is 5.00. The van der Waals surface area contributed by atoms with Crippen molar-refractivity contribution in [2.75, 3.05) is 13.2 Å². The van der Waals surface area contributed by atoms with E-state index in [0.29, 0.717) is 19.6 Å². The molecule has 0 rings (SSSR count). The average molecular weight is 290 g/mol. The van der Waals surface area contributed by atoms with E-state index in [2.05, 4.69) is 4.99 Å². The van der Waals surface area contributed by atoms with Crippen LogP contribution in [0.25, 0.3) is 0 Å². The lowest BCUT2D eigenvalue weighted by atomic mass is 10.1. The highest BCUT2D eigenvalue weighted by atomic mass is 35.5. The Kier molecular flexibility index (Phi) is 16.9. The predicted octanol–water partition coefficient (Wildman–Crippen LogP) is 0.763. The molecule has 0 aromatic heterocycles. The summed E-state index contributed by atoms with van der Waals surface area (Å²) < 4.78 is 4.87. The van der Waals surface area contributed by atoms with E-state index < -0.39 is 12.0 Å². The van der Waals surface area contributed by atoms with E-state index in [1.165, 1.54) is 0 Å². The summed E-state index contributed by atoms with van der Waals surface area (Å²) in [5.74, 6) is -0.991. The molecular weight excluding hydrogens is 269 g/mol. The van der Waals surface area contributed by atoms with Crippen LogP contribution in [0.15, 0.2) is 4.99 Å². The normalized spacial score (nSPS) is 12.0. The van der Waals surface area contributed by atoms with Gasteiger partial charge in [-0.25, -0.2) is 9.79 Å². The number of carboxylic acids is 1. The van der Waals surface area contributed by atoms with Crippen molar-refractivity contribution < 1.29 is 14.6 Å². The van der Waals surface area contributed by atoms with Crippen LogP contribution in [0, 0.1) is 0 Å². The molecule has 8 heteroatoms. The minimum absolute atomic E-state index is 0. The number of carboxylic acid groups (broad SMARTS) is 1. The molecular formula is C9H21Cl2N3O3. The van der Waals surface area contributed by atoms with Gasteiger partial charge in [0.1, 0.15) is 0 Å². The number of unbranched alkanes of at least 4 members (excludes halogenated alkanes) is 1. The molecule has 6 nitrogen and oxygen atoms in total. The lowest BCUT2D eigenvalue weighted by Crippen LogP contribution is -2.25. The third-order valence-corrected chi connectivity index (χ3v) is 1.79. The van der Waals surface area contributed by atoms with E-state index in [1.807, 2.05) is 0 Å². The first-order chi connectivity index (χ1) is 7.11. The van der Waals surface area contributed by atoms with Gasteiger partial charge in [-0.15, -0.1) is 24.8 Å². The maximum absolute atomic E-state index is 10.8. The Morgan fingerprint density at radius 2 is 2.00 bits per heavy atom. The molecule has 0 bridgehead atoms. The fourth-order valence-electron chi connectivity index (χ4n) is 1.06. The summed E-state index contributed by atoms with van der Waals surface area (Å²) in [6.45, 7) is 2.69. The molecule has 0 spiro atoms. The molecule has 0 aliphatic rings. The van der Waals surface area contributed by atoms with Crippen molar-refractivity contribution in [2.45, 2.75) is 32.2 Å². The zero-order chi connectivity index (χ0) is 11.7. The van der Waals surface area contributed by atoms with Gasteiger partial charge in [0, 0.05) is 0 Å². The highest BCUT2D eigenvalue weighted by Gasteiger charge is 2.16. The van der Waals surface area contributed by atoms with Gasteiger partial charge in [-0.1, -0.05) is 0 Å². The third-order valence-electron chi connectivity index (χ3n) is 1.79. The van der Waals surface area contributed by atoms with E-state index in [0.717, 1.165) is 12.8 Å². The fraction of sp³-hybridized carbons (Fsp3) is 0.778. The summed E-state index contributed by atoms with van der Waals surface area (Å²) >= 11 is 0. The number of nitrogens with two attached hydrogens (primary N) is 2. The second-order valence-corrected chi connectivity index (χ2v) is 3.04. The molecule has 17 heavy (non-hydrogen) atoms. The minimum Gasteiger partial charge on any atom is -0.480 e. The van der Waals surface area contributed by atoms with E-state index in [-0.39, 0.29) is 30.8 Å².